The molecule has 0 amide bonds. The molecule has 0 N–H and O–H groups in total. The summed E-state index contributed by atoms with van der Waals surface area (Å²) in [7, 11) is 0. The van der Waals surface area contributed by atoms with Crippen LogP contribution in [0.25, 0.3) is 0 Å². The van der Waals surface area contributed by atoms with Crippen molar-refractivity contribution in [2.24, 2.45) is 5.92 Å². The molecule has 26 heavy (non-hydrogen) atoms. The van der Waals surface area contributed by atoms with E-state index in [0.29, 0.717) is 0 Å². The summed E-state index contributed by atoms with van der Waals surface area (Å²) in [6.45, 7) is 12.5. The van der Waals surface area contributed by atoms with Gasteiger partial charge in [0.15, 0.2) is 0 Å². The van der Waals surface area contributed by atoms with Crippen LogP contribution in [0.1, 0.15) is 57.2 Å². The van der Waals surface area contributed by atoms with E-state index in [2.05, 4.69) is 34.7 Å². The van der Waals surface area contributed by atoms with Crippen molar-refractivity contribution in [2.75, 3.05) is 44.2 Å². The third kappa shape index (κ3) is 3.89. The zero-order valence-corrected chi connectivity index (χ0v) is 16.7. The van der Waals surface area contributed by atoms with Crippen LogP contribution in [0.3, 0.4) is 0 Å². The minimum absolute atomic E-state index is 0.823. The lowest BCUT2D eigenvalue weighted by atomic mass is 9.91. The van der Waals surface area contributed by atoms with E-state index in [-0.39, 0.29) is 0 Å². The molecule has 1 aromatic rings. The minimum Gasteiger partial charge on any atom is -0.338 e. The molecule has 4 rings (SSSR count). The maximum absolute atomic E-state index is 4.96. The lowest BCUT2D eigenvalue weighted by molar-refractivity contribution is 0.120. The van der Waals surface area contributed by atoms with Crippen LogP contribution in [0.4, 0.5) is 5.95 Å². The molecular formula is C21H35N5. The van der Waals surface area contributed by atoms with E-state index < -0.39 is 0 Å². The highest BCUT2D eigenvalue weighted by Gasteiger charge is 2.29. The molecule has 0 spiro atoms. The summed E-state index contributed by atoms with van der Waals surface area (Å²) in [6.07, 6.45) is 9.98. The van der Waals surface area contributed by atoms with Crippen molar-refractivity contribution in [3.8, 4) is 0 Å². The molecule has 0 unspecified atom stereocenters. The largest absolute Gasteiger partial charge is 0.338 e. The number of fused-ring (bicyclic) bond motifs is 1. The Hall–Kier alpha value is -1.20. The van der Waals surface area contributed by atoms with Gasteiger partial charge in [-0.15, -0.1) is 0 Å². The van der Waals surface area contributed by atoms with Gasteiger partial charge in [-0.25, -0.2) is 9.97 Å². The second kappa shape index (κ2) is 8.22. The summed E-state index contributed by atoms with van der Waals surface area (Å²) >= 11 is 0. The zero-order valence-electron chi connectivity index (χ0n) is 16.7. The molecule has 0 radical (unpaired) electrons. The smallest absolute Gasteiger partial charge is 0.225 e. The van der Waals surface area contributed by atoms with E-state index in [4.69, 9.17) is 9.97 Å². The third-order valence-corrected chi connectivity index (χ3v) is 6.86. The van der Waals surface area contributed by atoms with Gasteiger partial charge in [0, 0.05) is 70.0 Å². The van der Waals surface area contributed by atoms with Crippen LogP contribution in [-0.4, -0.2) is 65.1 Å². The van der Waals surface area contributed by atoms with Crippen LogP contribution in [0, 0.1) is 5.92 Å². The quantitative estimate of drug-likeness (QED) is 0.782. The fourth-order valence-electron chi connectivity index (χ4n) is 4.62. The fraction of sp³-hybridized carbons (Fsp3) is 0.810. The summed E-state index contributed by atoms with van der Waals surface area (Å²) < 4.78 is 0. The van der Waals surface area contributed by atoms with Crippen LogP contribution < -0.4 is 4.90 Å². The molecule has 144 valence electrons. The first-order valence-electron chi connectivity index (χ1n) is 10.8. The first kappa shape index (κ1) is 18.2. The molecule has 1 saturated heterocycles. The molecular weight excluding hydrogens is 322 g/mol. The first-order chi connectivity index (χ1) is 12.8. The fourth-order valence-corrected chi connectivity index (χ4v) is 4.62. The number of hydrogen-bond acceptors (Lipinski definition) is 5. The second-order valence-electron chi connectivity index (χ2n) is 8.42. The number of anilines is 1. The Bertz CT molecular complexity index is 588. The average molecular weight is 358 g/mol. The van der Waals surface area contributed by atoms with Crippen molar-refractivity contribution in [1.82, 2.24) is 19.8 Å². The number of hydrogen-bond donors (Lipinski definition) is 0. The van der Waals surface area contributed by atoms with Crippen molar-refractivity contribution in [1.29, 1.82) is 0 Å². The van der Waals surface area contributed by atoms with Gasteiger partial charge in [-0.2, -0.15) is 0 Å². The Morgan fingerprint density at radius 3 is 2.50 bits per heavy atom. The van der Waals surface area contributed by atoms with Crippen molar-refractivity contribution in [3.05, 3.63) is 17.5 Å². The molecule has 1 aromatic heterocycles. The molecule has 5 heteroatoms. The molecule has 5 nitrogen and oxygen atoms in total. The van der Waals surface area contributed by atoms with E-state index in [1.807, 2.05) is 0 Å². The molecule has 2 fully saturated rings. The Kier molecular flexibility index (Phi) is 5.75. The van der Waals surface area contributed by atoms with Gasteiger partial charge in [0.2, 0.25) is 5.95 Å². The van der Waals surface area contributed by atoms with Gasteiger partial charge in [0.1, 0.15) is 0 Å². The van der Waals surface area contributed by atoms with Crippen molar-refractivity contribution >= 4 is 5.95 Å². The second-order valence-corrected chi connectivity index (χ2v) is 8.42. The number of piperazine rings is 1. The molecule has 2 aliphatic heterocycles. The van der Waals surface area contributed by atoms with Crippen LogP contribution >= 0.6 is 0 Å². The molecule has 3 aliphatic rings. The van der Waals surface area contributed by atoms with Gasteiger partial charge < -0.3 is 4.90 Å². The van der Waals surface area contributed by atoms with Crippen LogP contribution in [0.5, 0.6) is 0 Å². The van der Waals surface area contributed by atoms with Gasteiger partial charge in [0.05, 0.1) is 5.69 Å². The average Bonchev–Trinajstić information content (AvgIpc) is 2.65. The normalized spacial score (nSPS) is 22.5. The monoisotopic (exact) mass is 357 g/mol. The summed E-state index contributed by atoms with van der Waals surface area (Å²) in [5.41, 5.74) is 2.64. The highest BCUT2D eigenvalue weighted by Crippen LogP contribution is 2.27. The van der Waals surface area contributed by atoms with E-state index in [1.165, 1.54) is 63.0 Å². The highest BCUT2D eigenvalue weighted by atomic mass is 15.3. The van der Waals surface area contributed by atoms with Crippen LogP contribution in [-0.2, 0) is 13.0 Å². The van der Waals surface area contributed by atoms with Crippen molar-refractivity contribution < 1.29 is 0 Å². The van der Waals surface area contributed by atoms with Crippen molar-refractivity contribution in [3.63, 3.8) is 0 Å². The van der Waals surface area contributed by atoms with Gasteiger partial charge in [-0.1, -0.05) is 33.1 Å². The number of rotatable bonds is 6. The third-order valence-electron chi connectivity index (χ3n) is 6.86. The summed E-state index contributed by atoms with van der Waals surface area (Å²) in [6, 6.07) is 0.864. The van der Waals surface area contributed by atoms with E-state index in [1.54, 1.807) is 0 Å². The van der Waals surface area contributed by atoms with Gasteiger partial charge in [0.25, 0.3) is 0 Å². The molecule has 3 heterocycles. The maximum Gasteiger partial charge on any atom is 0.225 e. The Labute approximate surface area is 158 Å². The standard InChI is InChI=1S/C21H35N5/c1-3-17(4-2)15-24-9-8-20-18(16-24)14-22-21(23-20)26-12-10-25(11-13-26)19-6-5-7-19/h14,17,19H,3-13,15-16H2,1-2H3. The Balaban J connectivity index is 1.35. The molecule has 1 saturated carbocycles. The zero-order chi connectivity index (χ0) is 17.9. The predicted octanol–water partition coefficient (Wildman–Crippen LogP) is 2.95. The van der Waals surface area contributed by atoms with Gasteiger partial charge in [-0.3, -0.25) is 9.80 Å². The molecule has 0 atom stereocenters. The number of nitrogens with zero attached hydrogens (tertiary/aromatic N) is 5. The number of aromatic nitrogens is 2. The Morgan fingerprint density at radius 2 is 1.85 bits per heavy atom. The minimum atomic E-state index is 0.823. The predicted molar refractivity (Wildman–Crippen MR) is 107 cm³/mol. The van der Waals surface area contributed by atoms with Gasteiger partial charge >= 0.3 is 0 Å². The van der Waals surface area contributed by atoms with E-state index in [0.717, 1.165) is 50.5 Å². The highest BCUT2D eigenvalue weighted by molar-refractivity contribution is 5.35. The SMILES string of the molecule is CCC(CC)CN1CCc2nc(N3CCN(C4CCC4)CC3)ncc2C1. The molecule has 1 aliphatic carbocycles. The lowest BCUT2D eigenvalue weighted by Crippen LogP contribution is -2.52. The molecule has 0 bridgehead atoms. The molecule has 0 aromatic carbocycles. The van der Waals surface area contributed by atoms with E-state index in [9.17, 15) is 0 Å². The summed E-state index contributed by atoms with van der Waals surface area (Å²) in [5, 5.41) is 0. The van der Waals surface area contributed by atoms with Crippen molar-refractivity contribution in [2.45, 2.75) is 65.0 Å². The van der Waals surface area contributed by atoms with Gasteiger partial charge in [-0.05, 0) is 18.8 Å². The van der Waals surface area contributed by atoms with Crippen LogP contribution in [0.15, 0.2) is 6.20 Å². The lowest BCUT2D eigenvalue weighted by Gasteiger charge is -2.43. The topological polar surface area (TPSA) is 35.5 Å². The van der Waals surface area contributed by atoms with Crippen LogP contribution in [0.2, 0.25) is 0 Å². The maximum atomic E-state index is 4.96. The summed E-state index contributed by atoms with van der Waals surface area (Å²) in [4.78, 5) is 17.4. The first-order valence-corrected chi connectivity index (χ1v) is 10.8. The van der Waals surface area contributed by atoms with E-state index >= 15 is 0 Å². The Morgan fingerprint density at radius 1 is 1.08 bits per heavy atom. The summed E-state index contributed by atoms with van der Waals surface area (Å²) in [5.74, 6) is 1.79.